The first-order valence-electron chi connectivity index (χ1n) is 9.93. The van der Waals surface area contributed by atoms with Gasteiger partial charge in [0.05, 0.1) is 17.7 Å². The second-order valence-electron chi connectivity index (χ2n) is 7.00. The van der Waals surface area contributed by atoms with Crippen LogP contribution in [-0.4, -0.2) is 39.9 Å². The van der Waals surface area contributed by atoms with Gasteiger partial charge in [-0.25, -0.2) is 8.42 Å². The Morgan fingerprint density at radius 1 is 0.903 bits per heavy atom. The van der Waals surface area contributed by atoms with Gasteiger partial charge in [0.25, 0.3) is 15.9 Å². The molecule has 0 saturated carbocycles. The topological polar surface area (TPSA) is 66.9 Å². The first-order chi connectivity index (χ1) is 14.9. The second kappa shape index (κ2) is 9.66. The third-order valence-electron chi connectivity index (χ3n) is 5.08. The van der Waals surface area contributed by atoms with Crippen molar-refractivity contribution in [1.82, 2.24) is 4.90 Å². The second-order valence-corrected chi connectivity index (χ2v) is 8.97. The fourth-order valence-electron chi connectivity index (χ4n) is 3.17. The van der Waals surface area contributed by atoms with Crippen molar-refractivity contribution in [2.45, 2.75) is 18.4 Å². The Kier molecular flexibility index (Phi) is 6.97. The van der Waals surface area contributed by atoms with Crippen LogP contribution in [0.15, 0.2) is 83.8 Å². The van der Waals surface area contributed by atoms with Crippen molar-refractivity contribution < 1.29 is 17.9 Å². The Labute approximate surface area is 183 Å². The summed E-state index contributed by atoms with van der Waals surface area (Å²) in [6, 6.07) is 22.6. The van der Waals surface area contributed by atoms with Gasteiger partial charge in [-0.05, 0) is 61.0 Å². The van der Waals surface area contributed by atoms with E-state index in [0.717, 1.165) is 5.56 Å². The molecule has 6 nitrogen and oxygen atoms in total. The van der Waals surface area contributed by atoms with Crippen molar-refractivity contribution in [3.63, 3.8) is 0 Å². The van der Waals surface area contributed by atoms with Crippen molar-refractivity contribution >= 4 is 21.6 Å². The van der Waals surface area contributed by atoms with E-state index in [-0.39, 0.29) is 10.8 Å². The summed E-state index contributed by atoms with van der Waals surface area (Å²) in [5, 5.41) is 0. The quantitative estimate of drug-likeness (QED) is 0.529. The third-order valence-corrected chi connectivity index (χ3v) is 6.88. The minimum atomic E-state index is -3.73. The van der Waals surface area contributed by atoms with Crippen molar-refractivity contribution in [3.8, 4) is 5.75 Å². The molecule has 0 heterocycles. The van der Waals surface area contributed by atoms with Gasteiger partial charge < -0.3 is 9.64 Å². The number of sulfonamides is 1. The zero-order valence-electron chi connectivity index (χ0n) is 17.9. The van der Waals surface area contributed by atoms with Gasteiger partial charge in [-0.2, -0.15) is 0 Å². The van der Waals surface area contributed by atoms with Gasteiger partial charge in [0.1, 0.15) is 5.75 Å². The van der Waals surface area contributed by atoms with E-state index in [4.69, 9.17) is 4.74 Å². The number of methoxy groups -OCH3 is 1. The van der Waals surface area contributed by atoms with Gasteiger partial charge in [0.15, 0.2) is 0 Å². The number of hydrogen-bond donors (Lipinski definition) is 0. The summed E-state index contributed by atoms with van der Waals surface area (Å²) < 4.78 is 32.1. The summed E-state index contributed by atoms with van der Waals surface area (Å²) in [5.74, 6) is 0.485. The number of amides is 1. The van der Waals surface area contributed by atoms with E-state index in [1.807, 2.05) is 37.3 Å². The van der Waals surface area contributed by atoms with Crippen LogP contribution in [0.1, 0.15) is 22.8 Å². The van der Waals surface area contributed by atoms with Crippen LogP contribution < -0.4 is 9.04 Å². The Morgan fingerprint density at radius 3 is 2.06 bits per heavy atom. The van der Waals surface area contributed by atoms with Gasteiger partial charge >= 0.3 is 0 Å². The molecule has 0 saturated heterocycles. The van der Waals surface area contributed by atoms with Crippen LogP contribution in [0, 0.1) is 0 Å². The highest BCUT2D eigenvalue weighted by Gasteiger charge is 2.22. The number of carbonyl (C=O) groups excluding carboxylic acids is 1. The largest absolute Gasteiger partial charge is 0.497 e. The van der Waals surface area contributed by atoms with Crippen molar-refractivity contribution in [2.24, 2.45) is 0 Å². The normalized spacial score (nSPS) is 11.1. The number of nitrogens with zero attached hydrogens (tertiary/aromatic N) is 2. The molecule has 0 aliphatic rings. The summed E-state index contributed by atoms with van der Waals surface area (Å²) in [4.78, 5) is 14.8. The highest BCUT2D eigenvalue weighted by Crippen LogP contribution is 2.24. The summed E-state index contributed by atoms with van der Waals surface area (Å²) in [7, 11) is -0.713. The fourth-order valence-corrected chi connectivity index (χ4v) is 4.37. The van der Waals surface area contributed by atoms with Gasteiger partial charge in [-0.1, -0.05) is 30.3 Å². The highest BCUT2D eigenvalue weighted by molar-refractivity contribution is 7.92. The molecule has 0 fully saturated rings. The standard InChI is InChI=1S/C24H26N2O4S/c1-4-26(18-19-8-6-5-7-9-19)24(27)20-10-12-21(13-11-20)25(2)31(28,29)23-16-14-22(30-3)15-17-23/h5-17H,4,18H2,1-3H3. The van der Waals surface area contributed by atoms with E-state index in [2.05, 4.69) is 0 Å². The number of anilines is 1. The average Bonchev–Trinajstić information content (AvgIpc) is 2.82. The predicted molar refractivity (Wildman–Crippen MR) is 122 cm³/mol. The van der Waals surface area contributed by atoms with Gasteiger partial charge in [-0.15, -0.1) is 0 Å². The van der Waals surface area contributed by atoms with E-state index in [1.54, 1.807) is 41.3 Å². The first-order valence-corrected chi connectivity index (χ1v) is 11.4. The monoisotopic (exact) mass is 438 g/mol. The van der Waals surface area contributed by atoms with E-state index in [0.29, 0.717) is 30.1 Å². The van der Waals surface area contributed by atoms with E-state index < -0.39 is 10.0 Å². The SMILES string of the molecule is CCN(Cc1ccccc1)C(=O)c1ccc(N(C)S(=O)(=O)c2ccc(OC)cc2)cc1. The van der Waals surface area contributed by atoms with Crippen LogP contribution >= 0.6 is 0 Å². The van der Waals surface area contributed by atoms with Crippen LogP contribution in [0.3, 0.4) is 0 Å². The van der Waals surface area contributed by atoms with E-state index in [9.17, 15) is 13.2 Å². The molecule has 0 N–H and O–H groups in total. The lowest BCUT2D eigenvalue weighted by atomic mass is 10.1. The Hall–Kier alpha value is -3.32. The minimum Gasteiger partial charge on any atom is -0.497 e. The Bertz CT molecular complexity index is 1110. The van der Waals surface area contributed by atoms with Gasteiger partial charge in [0, 0.05) is 25.7 Å². The molecule has 0 aliphatic heterocycles. The lowest BCUT2D eigenvalue weighted by Gasteiger charge is -2.22. The zero-order valence-corrected chi connectivity index (χ0v) is 18.7. The Balaban J connectivity index is 1.77. The molecule has 31 heavy (non-hydrogen) atoms. The number of hydrogen-bond acceptors (Lipinski definition) is 4. The van der Waals surface area contributed by atoms with E-state index >= 15 is 0 Å². The van der Waals surface area contributed by atoms with Gasteiger partial charge in [-0.3, -0.25) is 9.10 Å². The lowest BCUT2D eigenvalue weighted by Crippen LogP contribution is -2.30. The maximum atomic E-state index is 12.9. The molecule has 3 rings (SSSR count). The van der Waals surface area contributed by atoms with Crippen LogP contribution in [0.25, 0.3) is 0 Å². The summed E-state index contributed by atoms with van der Waals surface area (Å²) in [6.45, 7) is 3.02. The molecule has 0 aliphatic carbocycles. The molecule has 0 spiro atoms. The number of ether oxygens (including phenoxy) is 1. The average molecular weight is 439 g/mol. The lowest BCUT2D eigenvalue weighted by molar-refractivity contribution is 0.0752. The smallest absolute Gasteiger partial charge is 0.264 e. The Morgan fingerprint density at radius 2 is 1.52 bits per heavy atom. The zero-order chi connectivity index (χ0) is 22.4. The van der Waals surface area contributed by atoms with Crippen molar-refractivity contribution in [2.75, 3.05) is 25.0 Å². The third kappa shape index (κ3) is 5.06. The molecule has 0 atom stereocenters. The molecular formula is C24H26N2O4S. The fraction of sp³-hybridized carbons (Fsp3) is 0.208. The predicted octanol–water partition coefficient (Wildman–Crippen LogP) is 4.18. The molecule has 1 amide bonds. The molecule has 0 bridgehead atoms. The number of rotatable bonds is 8. The van der Waals surface area contributed by atoms with Crippen molar-refractivity contribution in [1.29, 1.82) is 0 Å². The van der Waals surface area contributed by atoms with Crippen molar-refractivity contribution in [3.05, 3.63) is 90.0 Å². The molecule has 7 heteroatoms. The summed E-state index contributed by atoms with van der Waals surface area (Å²) in [6.07, 6.45) is 0. The van der Waals surface area contributed by atoms with Crippen LogP contribution in [-0.2, 0) is 16.6 Å². The molecule has 0 radical (unpaired) electrons. The molecule has 3 aromatic rings. The summed E-state index contributed by atoms with van der Waals surface area (Å²) >= 11 is 0. The van der Waals surface area contributed by atoms with Crippen LogP contribution in [0.4, 0.5) is 5.69 Å². The summed E-state index contributed by atoms with van der Waals surface area (Å²) in [5.41, 5.74) is 2.04. The maximum Gasteiger partial charge on any atom is 0.264 e. The van der Waals surface area contributed by atoms with Crippen LogP contribution in [0.5, 0.6) is 5.75 Å². The highest BCUT2D eigenvalue weighted by atomic mass is 32.2. The number of benzene rings is 3. The van der Waals surface area contributed by atoms with Gasteiger partial charge in [0.2, 0.25) is 0 Å². The molecule has 0 unspecified atom stereocenters. The number of carbonyl (C=O) groups is 1. The molecular weight excluding hydrogens is 412 g/mol. The maximum absolute atomic E-state index is 12.9. The molecule has 3 aromatic carbocycles. The van der Waals surface area contributed by atoms with E-state index in [1.165, 1.54) is 30.6 Å². The molecule has 162 valence electrons. The van der Waals surface area contributed by atoms with Crippen LogP contribution in [0.2, 0.25) is 0 Å². The molecule has 0 aromatic heterocycles. The first kappa shape index (κ1) is 22.4. The minimum absolute atomic E-state index is 0.0985.